The Bertz CT molecular complexity index is 411. The van der Waals surface area contributed by atoms with Gasteiger partial charge in [0.2, 0.25) is 0 Å². The van der Waals surface area contributed by atoms with E-state index in [2.05, 4.69) is 0 Å². The zero-order valence-corrected chi connectivity index (χ0v) is 9.74. The molecule has 0 amide bonds. The number of carbonyl (C=O) groups excluding carboxylic acids is 1. The van der Waals surface area contributed by atoms with Gasteiger partial charge < -0.3 is 9.47 Å². The van der Waals surface area contributed by atoms with Gasteiger partial charge in [-0.1, -0.05) is 0 Å². The molecule has 2 rings (SSSR count). The molecule has 0 saturated carbocycles. The van der Waals surface area contributed by atoms with Gasteiger partial charge in [0.15, 0.2) is 17.3 Å². The molecular formula is C13H15FO3. The second-order valence-corrected chi connectivity index (χ2v) is 4.10. The van der Waals surface area contributed by atoms with Gasteiger partial charge in [0.1, 0.15) is 0 Å². The van der Waals surface area contributed by atoms with Crippen LogP contribution in [0.2, 0.25) is 0 Å². The van der Waals surface area contributed by atoms with Crippen molar-refractivity contribution in [1.82, 2.24) is 0 Å². The molecule has 3 nitrogen and oxygen atoms in total. The van der Waals surface area contributed by atoms with Crippen molar-refractivity contribution in [1.29, 1.82) is 0 Å². The van der Waals surface area contributed by atoms with Gasteiger partial charge in [0, 0.05) is 24.7 Å². The Hall–Kier alpha value is -1.42. The maximum absolute atomic E-state index is 13.2. The van der Waals surface area contributed by atoms with E-state index in [-0.39, 0.29) is 17.5 Å². The van der Waals surface area contributed by atoms with Gasteiger partial charge in [-0.25, -0.2) is 4.39 Å². The summed E-state index contributed by atoms with van der Waals surface area (Å²) in [5.41, 5.74) is 0.509. The molecule has 0 aliphatic carbocycles. The van der Waals surface area contributed by atoms with Crippen LogP contribution >= 0.6 is 0 Å². The minimum absolute atomic E-state index is 0.0149. The highest BCUT2D eigenvalue weighted by Gasteiger charge is 2.23. The van der Waals surface area contributed by atoms with E-state index in [1.807, 2.05) is 0 Å². The maximum Gasteiger partial charge on any atom is 0.166 e. The largest absolute Gasteiger partial charge is 0.494 e. The summed E-state index contributed by atoms with van der Waals surface area (Å²) in [5.74, 6) is -0.301. The van der Waals surface area contributed by atoms with Crippen LogP contribution in [0.3, 0.4) is 0 Å². The first kappa shape index (κ1) is 12.0. The first-order valence-electron chi connectivity index (χ1n) is 5.68. The Morgan fingerprint density at radius 1 is 1.41 bits per heavy atom. The Labute approximate surface area is 99.5 Å². The van der Waals surface area contributed by atoms with Crippen LogP contribution < -0.4 is 4.74 Å². The lowest BCUT2D eigenvalue weighted by atomic mass is 9.91. The number of rotatable bonds is 3. The molecule has 4 heteroatoms. The van der Waals surface area contributed by atoms with Crippen molar-refractivity contribution >= 4 is 5.78 Å². The quantitative estimate of drug-likeness (QED) is 0.759. The normalized spacial score (nSPS) is 16.8. The fourth-order valence-corrected chi connectivity index (χ4v) is 2.01. The number of methoxy groups -OCH3 is 1. The van der Waals surface area contributed by atoms with Crippen molar-refractivity contribution in [2.45, 2.75) is 12.8 Å². The van der Waals surface area contributed by atoms with Crippen molar-refractivity contribution in [2.75, 3.05) is 20.3 Å². The topological polar surface area (TPSA) is 35.5 Å². The molecule has 1 aromatic carbocycles. The van der Waals surface area contributed by atoms with Crippen LogP contribution in [-0.4, -0.2) is 26.1 Å². The maximum atomic E-state index is 13.2. The van der Waals surface area contributed by atoms with E-state index in [0.29, 0.717) is 18.8 Å². The third-order valence-electron chi connectivity index (χ3n) is 3.03. The number of halogens is 1. The summed E-state index contributed by atoms with van der Waals surface area (Å²) in [5, 5.41) is 0. The summed E-state index contributed by atoms with van der Waals surface area (Å²) < 4.78 is 23.3. The van der Waals surface area contributed by atoms with Crippen molar-refractivity contribution < 1.29 is 18.7 Å². The summed E-state index contributed by atoms with van der Waals surface area (Å²) in [4.78, 5) is 12.1. The molecule has 0 spiro atoms. The Morgan fingerprint density at radius 2 is 2.12 bits per heavy atom. The van der Waals surface area contributed by atoms with E-state index >= 15 is 0 Å². The highest BCUT2D eigenvalue weighted by atomic mass is 19.1. The minimum atomic E-state index is -0.448. The van der Waals surface area contributed by atoms with Crippen molar-refractivity contribution in [3.8, 4) is 5.75 Å². The van der Waals surface area contributed by atoms with Crippen LogP contribution in [0.1, 0.15) is 23.2 Å². The zero-order valence-electron chi connectivity index (χ0n) is 9.74. The second-order valence-electron chi connectivity index (χ2n) is 4.10. The van der Waals surface area contributed by atoms with Crippen LogP contribution in [-0.2, 0) is 4.74 Å². The standard InChI is InChI=1S/C13H15FO3/c1-16-12-8-10(2-3-11(12)14)13(15)9-4-6-17-7-5-9/h2-3,8-9H,4-7H2,1H3. The fourth-order valence-electron chi connectivity index (χ4n) is 2.01. The van der Waals surface area contributed by atoms with E-state index in [1.54, 1.807) is 0 Å². The number of benzene rings is 1. The average Bonchev–Trinajstić information content (AvgIpc) is 2.39. The van der Waals surface area contributed by atoms with Crippen LogP contribution in [0.4, 0.5) is 4.39 Å². The van der Waals surface area contributed by atoms with Gasteiger partial charge in [-0.3, -0.25) is 4.79 Å². The number of ether oxygens (including phenoxy) is 2. The Balaban J connectivity index is 2.18. The highest BCUT2D eigenvalue weighted by Crippen LogP contribution is 2.24. The summed E-state index contributed by atoms with van der Waals surface area (Å²) in [7, 11) is 1.39. The van der Waals surface area contributed by atoms with Gasteiger partial charge in [-0.15, -0.1) is 0 Å². The van der Waals surface area contributed by atoms with Gasteiger partial charge in [-0.05, 0) is 31.0 Å². The molecule has 0 bridgehead atoms. The third-order valence-corrected chi connectivity index (χ3v) is 3.03. The van der Waals surface area contributed by atoms with Crippen LogP contribution in [0, 0.1) is 11.7 Å². The lowest BCUT2D eigenvalue weighted by Gasteiger charge is -2.20. The fraction of sp³-hybridized carbons (Fsp3) is 0.462. The molecule has 1 aromatic rings. The van der Waals surface area contributed by atoms with Crippen molar-refractivity contribution in [3.63, 3.8) is 0 Å². The van der Waals surface area contributed by atoms with E-state index in [1.165, 1.54) is 25.3 Å². The van der Waals surface area contributed by atoms with Crippen LogP contribution in [0.5, 0.6) is 5.75 Å². The molecule has 92 valence electrons. The van der Waals surface area contributed by atoms with Crippen LogP contribution in [0.25, 0.3) is 0 Å². The Kier molecular flexibility index (Phi) is 3.74. The first-order valence-corrected chi connectivity index (χ1v) is 5.68. The molecule has 0 unspecified atom stereocenters. The molecule has 0 aromatic heterocycles. The molecule has 0 radical (unpaired) electrons. The monoisotopic (exact) mass is 238 g/mol. The summed E-state index contributed by atoms with van der Waals surface area (Å²) in [6, 6.07) is 4.24. The molecule has 0 atom stereocenters. The zero-order chi connectivity index (χ0) is 12.3. The van der Waals surface area contributed by atoms with Gasteiger partial charge >= 0.3 is 0 Å². The van der Waals surface area contributed by atoms with E-state index in [4.69, 9.17) is 9.47 Å². The number of carbonyl (C=O) groups is 1. The molecular weight excluding hydrogens is 223 g/mol. The Morgan fingerprint density at radius 3 is 2.76 bits per heavy atom. The van der Waals surface area contributed by atoms with E-state index in [0.717, 1.165) is 12.8 Å². The minimum Gasteiger partial charge on any atom is -0.494 e. The average molecular weight is 238 g/mol. The predicted molar refractivity (Wildman–Crippen MR) is 60.8 cm³/mol. The molecule has 1 aliphatic heterocycles. The number of ketones is 1. The molecule has 1 aliphatic rings. The molecule has 17 heavy (non-hydrogen) atoms. The summed E-state index contributed by atoms with van der Waals surface area (Å²) in [6.07, 6.45) is 1.47. The van der Waals surface area contributed by atoms with Crippen LogP contribution in [0.15, 0.2) is 18.2 Å². The summed E-state index contributed by atoms with van der Waals surface area (Å²) >= 11 is 0. The van der Waals surface area contributed by atoms with Gasteiger partial charge in [0.25, 0.3) is 0 Å². The summed E-state index contributed by atoms with van der Waals surface area (Å²) in [6.45, 7) is 1.24. The van der Waals surface area contributed by atoms with Gasteiger partial charge in [0.05, 0.1) is 7.11 Å². The number of Topliss-reactive ketones (excluding diaryl/α,β-unsaturated/α-hetero) is 1. The smallest absolute Gasteiger partial charge is 0.166 e. The third kappa shape index (κ3) is 2.64. The van der Waals surface area contributed by atoms with Gasteiger partial charge in [-0.2, -0.15) is 0 Å². The SMILES string of the molecule is COc1cc(C(=O)C2CCOCC2)ccc1F. The van der Waals surface area contributed by atoms with E-state index in [9.17, 15) is 9.18 Å². The lowest BCUT2D eigenvalue weighted by molar-refractivity contribution is 0.0544. The molecule has 1 saturated heterocycles. The highest BCUT2D eigenvalue weighted by molar-refractivity contribution is 5.98. The molecule has 1 heterocycles. The molecule has 0 N–H and O–H groups in total. The number of hydrogen-bond acceptors (Lipinski definition) is 3. The van der Waals surface area contributed by atoms with Crippen molar-refractivity contribution in [3.05, 3.63) is 29.6 Å². The first-order chi connectivity index (χ1) is 8.22. The lowest BCUT2D eigenvalue weighted by Crippen LogP contribution is -2.23. The predicted octanol–water partition coefficient (Wildman–Crippen LogP) is 2.44. The van der Waals surface area contributed by atoms with Crippen molar-refractivity contribution in [2.24, 2.45) is 5.92 Å². The molecule has 1 fully saturated rings. The number of hydrogen-bond donors (Lipinski definition) is 0. The second kappa shape index (κ2) is 5.27. The van der Waals surface area contributed by atoms with E-state index < -0.39 is 5.82 Å².